The molecule has 1 atom stereocenters. The van der Waals surface area contributed by atoms with Gasteiger partial charge in [-0.25, -0.2) is 5.43 Å². The Balaban J connectivity index is 1.97. The summed E-state index contributed by atoms with van der Waals surface area (Å²) in [7, 11) is 0. The third-order valence-corrected chi connectivity index (χ3v) is 3.00. The number of nitrogens with zero attached hydrogens (tertiary/aromatic N) is 1. The highest BCUT2D eigenvalue weighted by Gasteiger charge is 2.18. The molecule has 0 amide bonds. The number of hydrogen-bond donors (Lipinski definition) is 3. The number of hydrogen-bond acceptors (Lipinski definition) is 6. The highest BCUT2D eigenvalue weighted by Crippen LogP contribution is 2.16. The number of anilines is 1. The van der Waals surface area contributed by atoms with Gasteiger partial charge < -0.3 is 10.2 Å². The standard InChI is InChI=1S/C14H18N4O3/c1-3-21-14(20)7-13(9(2)19)18-16-11-4-5-12-10(6-11)8-15-17-12/h4-6,8,13,16,18H,3,7H2,1-2H3,(H,15,17). The van der Waals surface area contributed by atoms with Crippen molar-refractivity contribution in [2.24, 2.45) is 0 Å². The van der Waals surface area contributed by atoms with E-state index in [1.54, 1.807) is 13.1 Å². The lowest BCUT2D eigenvalue weighted by Gasteiger charge is -2.16. The maximum atomic E-state index is 11.6. The monoisotopic (exact) mass is 290 g/mol. The first-order chi connectivity index (χ1) is 10.1. The molecule has 1 unspecified atom stereocenters. The van der Waals surface area contributed by atoms with Crippen molar-refractivity contribution in [1.29, 1.82) is 0 Å². The summed E-state index contributed by atoms with van der Waals surface area (Å²) in [6.45, 7) is 3.46. The van der Waals surface area contributed by atoms with E-state index in [1.165, 1.54) is 6.92 Å². The number of ether oxygens (including phenoxy) is 1. The molecule has 0 saturated carbocycles. The zero-order valence-corrected chi connectivity index (χ0v) is 12.0. The first-order valence-corrected chi connectivity index (χ1v) is 6.71. The van der Waals surface area contributed by atoms with E-state index in [9.17, 15) is 9.59 Å². The molecule has 0 radical (unpaired) electrons. The van der Waals surface area contributed by atoms with E-state index in [-0.39, 0.29) is 12.2 Å². The van der Waals surface area contributed by atoms with Crippen LogP contribution in [0.4, 0.5) is 5.69 Å². The van der Waals surface area contributed by atoms with Gasteiger partial charge in [0.15, 0.2) is 0 Å². The summed E-state index contributed by atoms with van der Waals surface area (Å²) < 4.78 is 4.85. The van der Waals surface area contributed by atoms with E-state index in [2.05, 4.69) is 21.0 Å². The topological polar surface area (TPSA) is 96.1 Å². The van der Waals surface area contributed by atoms with Crippen molar-refractivity contribution in [2.75, 3.05) is 12.0 Å². The van der Waals surface area contributed by atoms with Gasteiger partial charge in [-0.15, -0.1) is 0 Å². The molecule has 21 heavy (non-hydrogen) atoms. The number of rotatable bonds is 7. The Hall–Kier alpha value is -2.41. The van der Waals surface area contributed by atoms with E-state index in [0.717, 1.165) is 16.6 Å². The number of Topliss-reactive ketones (excluding diaryl/α,β-unsaturated/α-hetero) is 1. The number of fused-ring (bicyclic) bond motifs is 1. The number of hydrazine groups is 1. The molecule has 0 spiro atoms. The molecular weight excluding hydrogens is 272 g/mol. The number of aromatic amines is 1. The zero-order valence-electron chi connectivity index (χ0n) is 12.0. The van der Waals surface area contributed by atoms with Crippen LogP contribution in [0.25, 0.3) is 10.9 Å². The van der Waals surface area contributed by atoms with Gasteiger partial charge in [0.25, 0.3) is 0 Å². The highest BCUT2D eigenvalue weighted by molar-refractivity contribution is 5.87. The van der Waals surface area contributed by atoms with Gasteiger partial charge in [0, 0.05) is 11.1 Å². The lowest BCUT2D eigenvalue weighted by atomic mass is 10.1. The molecule has 7 heteroatoms. The lowest BCUT2D eigenvalue weighted by molar-refractivity contribution is -0.145. The fourth-order valence-electron chi connectivity index (χ4n) is 1.87. The number of aromatic nitrogens is 2. The molecule has 112 valence electrons. The van der Waals surface area contributed by atoms with Crippen LogP contribution in [0.2, 0.25) is 0 Å². The number of nitrogens with one attached hydrogen (secondary N) is 3. The summed E-state index contributed by atoms with van der Waals surface area (Å²) in [5.41, 5.74) is 7.49. The second-order valence-electron chi connectivity index (χ2n) is 4.61. The van der Waals surface area contributed by atoms with Crippen molar-refractivity contribution in [3.05, 3.63) is 24.4 Å². The van der Waals surface area contributed by atoms with E-state index in [1.807, 2.05) is 18.2 Å². The summed E-state index contributed by atoms with van der Waals surface area (Å²) in [6.07, 6.45) is 1.70. The number of H-pyrrole nitrogens is 1. The van der Waals surface area contributed by atoms with E-state index >= 15 is 0 Å². The molecule has 0 bridgehead atoms. The molecule has 3 N–H and O–H groups in total. The van der Waals surface area contributed by atoms with Crippen LogP contribution in [0.1, 0.15) is 20.3 Å². The Kier molecular flexibility index (Phi) is 4.89. The predicted octanol–water partition coefficient (Wildman–Crippen LogP) is 1.39. The predicted molar refractivity (Wildman–Crippen MR) is 78.6 cm³/mol. The van der Waals surface area contributed by atoms with Crippen LogP contribution in [-0.2, 0) is 14.3 Å². The average molecular weight is 290 g/mol. The normalized spacial score (nSPS) is 12.1. The Morgan fingerprint density at radius 2 is 2.24 bits per heavy atom. The highest BCUT2D eigenvalue weighted by atomic mass is 16.5. The second kappa shape index (κ2) is 6.85. The first kappa shape index (κ1) is 15.0. The molecule has 0 aliphatic heterocycles. The summed E-state index contributed by atoms with van der Waals surface area (Å²) >= 11 is 0. The average Bonchev–Trinajstić information content (AvgIpc) is 2.90. The molecule has 0 aliphatic carbocycles. The van der Waals surface area contributed by atoms with Gasteiger partial charge in [0.2, 0.25) is 0 Å². The summed E-state index contributed by atoms with van der Waals surface area (Å²) in [5, 5.41) is 7.74. The van der Waals surface area contributed by atoms with E-state index in [4.69, 9.17) is 4.74 Å². The van der Waals surface area contributed by atoms with E-state index in [0.29, 0.717) is 6.61 Å². The van der Waals surface area contributed by atoms with Gasteiger partial charge in [0.1, 0.15) is 5.78 Å². The lowest BCUT2D eigenvalue weighted by Crippen LogP contribution is -2.41. The fourth-order valence-corrected chi connectivity index (χ4v) is 1.87. The SMILES string of the molecule is CCOC(=O)CC(NNc1ccc2[nH]ncc2c1)C(C)=O. The molecule has 2 aromatic rings. The van der Waals surface area contributed by atoms with Crippen LogP contribution in [0, 0.1) is 0 Å². The van der Waals surface area contributed by atoms with Crippen LogP contribution < -0.4 is 10.9 Å². The molecular formula is C14H18N4O3. The smallest absolute Gasteiger partial charge is 0.307 e. The van der Waals surface area contributed by atoms with Crippen molar-refractivity contribution in [1.82, 2.24) is 15.6 Å². The van der Waals surface area contributed by atoms with Crippen LogP contribution in [0.15, 0.2) is 24.4 Å². The van der Waals surface area contributed by atoms with Crippen molar-refractivity contribution >= 4 is 28.3 Å². The van der Waals surface area contributed by atoms with Crippen LogP contribution in [0.5, 0.6) is 0 Å². The van der Waals surface area contributed by atoms with E-state index < -0.39 is 12.0 Å². The van der Waals surface area contributed by atoms with Crippen molar-refractivity contribution < 1.29 is 14.3 Å². The number of carbonyl (C=O) groups excluding carboxylic acids is 2. The first-order valence-electron chi connectivity index (χ1n) is 6.71. The number of ketones is 1. The number of benzene rings is 1. The Morgan fingerprint density at radius 3 is 2.95 bits per heavy atom. The van der Waals surface area contributed by atoms with Gasteiger partial charge in [-0.2, -0.15) is 5.10 Å². The summed E-state index contributed by atoms with van der Waals surface area (Å²) in [5.74, 6) is -0.544. The molecule has 1 aromatic carbocycles. The van der Waals surface area contributed by atoms with Gasteiger partial charge in [-0.1, -0.05) is 0 Å². The Bertz CT molecular complexity index is 638. The molecule has 0 aliphatic rings. The Labute approximate surface area is 122 Å². The maximum Gasteiger partial charge on any atom is 0.307 e. The second-order valence-corrected chi connectivity index (χ2v) is 4.61. The number of esters is 1. The van der Waals surface area contributed by atoms with Crippen molar-refractivity contribution in [3.63, 3.8) is 0 Å². The minimum Gasteiger partial charge on any atom is -0.466 e. The zero-order chi connectivity index (χ0) is 15.2. The van der Waals surface area contributed by atoms with Gasteiger partial charge in [-0.05, 0) is 32.0 Å². The minimum atomic E-state index is -0.635. The molecule has 2 rings (SSSR count). The van der Waals surface area contributed by atoms with Gasteiger partial charge in [-0.3, -0.25) is 14.7 Å². The van der Waals surface area contributed by atoms with Crippen LogP contribution >= 0.6 is 0 Å². The minimum absolute atomic E-state index is 0.00979. The molecule has 0 fully saturated rings. The Morgan fingerprint density at radius 1 is 1.43 bits per heavy atom. The van der Waals surface area contributed by atoms with Gasteiger partial charge >= 0.3 is 5.97 Å². The molecule has 1 aromatic heterocycles. The third kappa shape index (κ3) is 4.03. The molecule has 0 saturated heterocycles. The van der Waals surface area contributed by atoms with Crippen LogP contribution in [0.3, 0.4) is 0 Å². The van der Waals surface area contributed by atoms with Crippen LogP contribution in [-0.4, -0.2) is 34.6 Å². The molecule has 7 nitrogen and oxygen atoms in total. The fraction of sp³-hybridized carbons (Fsp3) is 0.357. The summed E-state index contributed by atoms with van der Waals surface area (Å²) in [4.78, 5) is 23.0. The molecule has 1 heterocycles. The third-order valence-electron chi connectivity index (χ3n) is 3.00. The largest absolute Gasteiger partial charge is 0.466 e. The van der Waals surface area contributed by atoms with Crippen molar-refractivity contribution in [2.45, 2.75) is 26.3 Å². The van der Waals surface area contributed by atoms with Crippen molar-refractivity contribution in [3.8, 4) is 0 Å². The van der Waals surface area contributed by atoms with Gasteiger partial charge in [0.05, 0.1) is 30.8 Å². The summed E-state index contributed by atoms with van der Waals surface area (Å²) in [6, 6.07) is 4.97. The maximum absolute atomic E-state index is 11.6. The quantitative estimate of drug-likeness (QED) is 0.527. The number of carbonyl (C=O) groups is 2.